The molecule has 2 N–H and O–H groups in total. The third-order valence-electron chi connectivity index (χ3n) is 3.19. The number of nitrogens with one attached hydrogen (secondary N) is 2. The van der Waals surface area contributed by atoms with E-state index in [-0.39, 0.29) is 11.9 Å². The number of rotatable bonds is 4. The first-order valence-electron chi connectivity index (χ1n) is 6.47. The Hall–Kier alpha value is -1.39. The maximum Gasteiger partial charge on any atom is 0.239 e. The van der Waals surface area contributed by atoms with E-state index < -0.39 is 0 Å². The van der Waals surface area contributed by atoms with E-state index in [1.807, 2.05) is 12.1 Å². The average molecular weight is 248 g/mol. The first-order valence-corrected chi connectivity index (χ1v) is 6.47. The maximum absolute atomic E-state index is 11.9. The largest absolute Gasteiger partial charge is 0.378 e. The van der Waals surface area contributed by atoms with Crippen molar-refractivity contribution in [3.05, 3.63) is 35.4 Å². The van der Waals surface area contributed by atoms with Crippen LogP contribution in [0, 0.1) is 0 Å². The molecule has 18 heavy (non-hydrogen) atoms. The van der Waals surface area contributed by atoms with Crippen LogP contribution in [0.3, 0.4) is 0 Å². The van der Waals surface area contributed by atoms with Crippen LogP contribution in [0.1, 0.15) is 18.1 Å². The Bertz CT molecular complexity index is 401. The molecule has 0 aliphatic carbocycles. The Kier molecular flexibility index (Phi) is 4.73. The first-order chi connectivity index (χ1) is 8.81. The summed E-state index contributed by atoms with van der Waals surface area (Å²) in [5, 5.41) is 6.11. The predicted octanol–water partition coefficient (Wildman–Crippen LogP) is 0.854. The molecule has 0 radical (unpaired) electrons. The van der Waals surface area contributed by atoms with Crippen molar-refractivity contribution in [3.63, 3.8) is 0 Å². The summed E-state index contributed by atoms with van der Waals surface area (Å²) in [6, 6.07) is 7.98. The van der Waals surface area contributed by atoms with E-state index in [1.54, 1.807) is 0 Å². The van der Waals surface area contributed by atoms with Crippen LogP contribution >= 0.6 is 0 Å². The molecule has 98 valence electrons. The van der Waals surface area contributed by atoms with Crippen LogP contribution in [0.4, 0.5) is 0 Å². The van der Waals surface area contributed by atoms with Gasteiger partial charge in [-0.05, 0) is 17.5 Å². The molecule has 4 nitrogen and oxygen atoms in total. The standard InChI is InChI=1S/C14H20N2O2/c1-2-11-5-3-4-6-12(11)9-16-14(17)13-10-18-8-7-15-13/h3-6,13,15H,2,7-10H2,1H3,(H,16,17). The summed E-state index contributed by atoms with van der Waals surface area (Å²) in [5.74, 6) is 0.0145. The summed E-state index contributed by atoms with van der Waals surface area (Å²) >= 11 is 0. The molecular formula is C14H20N2O2. The zero-order valence-electron chi connectivity index (χ0n) is 10.7. The Labute approximate surface area is 108 Å². The van der Waals surface area contributed by atoms with Gasteiger partial charge in [-0.1, -0.05) is 31.2 Å². The van der Waals surface area contributed by atoms with Gasteiger partial charge in [-0.25, -0.2) is 0 Å². The normalized spacial score (nSPS) is 19.5. The maximum atomic E-state index is 11.9. The Morgan fingerprint density at radius 2 is 2.22 bits per heavy atom. The van der Waals surface area contributed by atoms with E-state index in [4.69, 9.17) is 4.74 Å². The van der Waals surface area contributed by atoms with E-state index in [9.17, 15) is 4.79 Å². The fraction of sp³-hybridized carbons (Fsp3) is 0.500. The topological polar surface area (TPSA) is 50.4 Å². The number of benzene rings is 1. The lowest BCUT2D eigenvalue weighted by molar-refractivity contribution is -0.126. The number of carbonyl (C=O) groups excluding carboxylic acids is 1. The van der Waals surface area contributed by atoms with Gasteiger partial charge >= 0.3 is 0 Å². The fourth-order valence-electron chi connectivity index (χ4n) is 2.11. The highest BCUT2D eigenvalue weighted by Gasteiger charge is 2.20. The molecule has 1 fully saturated rings. The van der Waals surface area contributed by atoms with Gasteiger partial charge in [-0.15, -0.1) is 0 Å². The highest BCUT2D eigenvalue weighted by molar-refractivity contribution is 5.82. The van der Waals surface area contributed by atoms with Gasteiger partial charge in [-0.2, -0.15) is 0 Å². The lowest BCUT2D eigenvalue weighted by Crippen LogP contribution is -2.51. The van der Waals surface area contributed by atoms with Crippen LogP contribution in [0.5, 0.6) is 0 Å². The minimum Gasteiger partial charge on any atom is -0.378 e. The van der Waals surface area contributed by atoms with Gasteiger partial charge in [0, 0.05) is 13.1 Å². The monoisotopic (exact) mass is 248 g/mol. The molecule has 1 aliphatic rings. The number of carbonyl (C=O) groups is 1. The lowest BCUT2D eigenvalue weighted by Gasteiger charge is -2.23. The summed E-state index contributed by atoms with van der Waals surface area (Å²) in [6.45, 7) is 4.59. The fourth-order valence-corrected chi connectivity index (χ4v) is 2.11. The molecule has 0 aromatic heterocycles. The van der Waals surface area contributed by atoms with Gasteiger partial charge in [0.15, 0.2) is 0 Å². The van der Waals surface area contributed by atoms with Crippen LogP contribution in [-0.2, 0) is 22.5 Å². The smallest absolute Gasteiger partial charge is 0.239 e. The van der Waals surface area contributed by atoms with Crippen LogP contribution in [0.2, 0.25) is 0 Å². The van der Waals surface area contributed by atoms with E-state index in [0.29, 0.717) is 19.8 Å². The summed E-state index contributed by atoms with van der Waals surface area (Å²) in [6.07, 6.45) is 0.983. The second kappa shape index (κ2) is 6.52. The Morgan fingerprint density at radius 1 is 1.44 bits per heavy atom. The van der Waals surface area contributed by atoms with Gasteiger partial charge in [0.25, 0.3) is 0 Å². The van der Waals surface area contributed by atoms with Crippen LogP contribution < -0.4 is 10.6 Å². The van der Waals surface area contributed by atoms with Crippen molar-refractivity contribution < 1.29 is 9.53 Å². The molecule has 0 spiro atoms. The van der Waals surface area contributed by atoms with Gasteiger partial charge in [0.2, 0.25) is 5.91 Å². The van der Waals surface area contributed by atoms with E-state index in [1.165, 1.54) is 11.1 Å². The molecule has 1 aromatic carbocycles. The number of amides is 1. The van der Waals surface area contributed by atoms with Crippen LogP contribution in [-0.4, -0.2) is 31.7 Å². The molecule has 0 saturated carbocycles. The molecule has 1 saturated heterocycles. The lowest BCUT2D eigenvalue weighted by atomic mass is 10.1. The van der Waals surface area contributed by atoms with Crippen LogP contribution in [0.15, 0.2) is 24.3 Å². The summed E-state index contributed by atoms with van der Waals surface area (Å²) in [7, 11) is 0. The summed E-state index contributed by atoms with van der Waals surface area (Å²) in [4.78, 5) is 11.9. The number of aryl methyl sites for hydroxylation is 1. The molecule has 1 aromatic rings. The van der Waals surface area contributed by atoms with Gasteiger partial charge in [0.1, 0.15) is 6.04 Å². The zero-order valence-corrected chi connectivity index (χ0v) is 10.7. The number of morpholine rings is 1. The second-order valence-corrected chi connectivity index (χ2v) is 4.42. The molecule has 2 rings (SSSR count). The van der Waals surface area contributed by atoms with Crippen molar-refractivity contribution in [1.29, 1.82) is 0 Å². The van der Waals surface area contributed by atoms with Crippen molar-refractivity contribution in [2.45, 2.75) is 25.9 Å². The third-order valence-corrected chi connectivity index (χ3v) is 3.19. The highest BCUT2D eigenvalue weighted by atomic mass is 16.5. The average Bonchev–Trinajstić information content (AvgIpc) is 2.46. The highest BCUT2D eigenvalue weighted by Crippen LogP contribution is 2.09. The number of hydrogen-bond donors (Lipinski definition) is 2. The minimum atomic E-state index is -0.215. The van der Waals surface area contributed by atoms with Gasteiger partial charge < -0.3 is 15.4 Å². The van der Waals surface area contributed by atoms with Crippen molar-refractivity contribution in [3.8, 4) is 0 Å². The Balaban J connectivity index is 1.88. The predicted molar refractivity (Wildman–Crippen MR) is 70.3 cm³/mol. The van der Waals surface area contributed by atoms with Crippen molar-refractivity contribution in [2.24, 2.45) is 0 Å². The second-order valence-electron chi connectivity index (χ2n) is 4.42. The van der Waals surface area contributed by atoms with Crippen molar-refractivity contribution in [2.75, 3.05) is 19.8 Å². The van der Waals surface area contributed by atoms with Crippen LogP contribution in [0.25, 0.3) is 0 Å². The summed E-state index contributed by atoms with van der Waals surface area (Å²) in [5.41, 5.74) is 2.47. The summed E-state index contributed by atoms with van der Waals surface area (Å²) < 4.78 is 5.28. The number of ether oxygens (including phenoxy) is 1. The molecule has 1 amide bonds. The molecule has 1 unspecified atom stereocenters. The Morgan fingerprint density at radius 3 is 2.89 bits per heavy atom. The molecule has 0 bridgehead atoms. The van der Waals surface area contributed by atoms with Gasteiger partial charge in [0.05, 0.1) is 13.2 Å². The molecule has 1 atom stereocenters. The van der Waals surface area contributed by atoms with E-state index >= 15 is 0 Å². The molecular weight excluding hydrogens is 228 g/mol. The van der Waals surface area contributed by atoms with Crippen molar-refractivity contribution in [1.82, 2.24) is 10.6 Å². The molecule has 1 aliphatic heterocycles. The zero-order chi connectivity index (χ0) is 12.8. The van der Waals surface area contributed by atoms with Crippen molar-refractivity contribution >= 4 is 5.91 Å². The first kappa shape index (κ1) is 13.1. The van der Waals surface area contributed by atoms with Gasteiger partial charge in [-0.3, -0.25) is 4.79 Å². The van der Waals surface area contributed by atoms with E-state index in [0.717, 1.165) is 13.0 Å². The number of hydrogen-bond acceptors (Lipinski definition) is 3. The third kappa shape index (κ3) is 3.31. The quantitative estimate of drug-likeness (QED) is 0.830. The molecule has 4 heteroatoms. The molecule has 1 heterocycles. The minimum absolute atomic E-state index is 0.0145. The SMILES string of the molecule is CCc1ccccc1CNC(=O)C1COCCN1. The van der Waals surface area contributed by atoms with E-state index in [2.05, 4.69) is 29.7 Å².